The number of rotatable bonds is 3. The lowest BCUT2D eigenvalue weighted by Crippen LogP contribution is -2.07. The smallest absolute Gasteiger partial charge is 0.248 e. The van der Waals surface area contributed by atoms with E-state index in [4.69, 9.17) is 23.2 Å². The molecule has 0 saturated heterocycles. The molecule has 0 aliphatic carbocycles. The van der Waals surface area contributed by atoms with Crippen LogP contribution in [0, 0.1) is 5.82 Å². The minimum absolute atomic E-state index is 0.380. The Balaban J connectivity index is 2.10. The summed E-state index contributed by atoms with van der Waals surface area (Å²) in [6.07, 6.45) is 2.80. The molecule has 2 aromatic carbocycles. The molecule has 1 amide bonds. The fraction of sp³-hybridized carbons (Fsp3) is 0. The molecule has 102 valence electrons. The third kappa shape index (κ3) is 3.83. The van der Waals surface area contributed by atoms with Gasteiger partial charge in [-0.15, -0.1) is 0 Å². The minimum Gasteiger partial charge on any atom is -0.322 e. The highest BCUT2D eigenvalue weighted by Gasteiger charge is 2.03. The number of hydrogen-bond acceptors (Lipinski definition) is 1. The van der Waals surface area contributed by atoms with E-state index >= 15 is 0 Å². The van der Waals surface area contributed by atoms with Crippen molar-refractivity contribution in [1.29, 1.82) is 0 Å². The summed E-state index contributed by atoms with van der Waals surface area (Å²) in [7, 11) is 0. The van der Waals surface area contributed by atoms with Crippen molar-refractivity contribution in [3.8, 4) is 0 Å². The number of anilines is 1. The Hall–Kier alpha value is -1.84. The first-order valence-electron chi connectivity index (χ1n) is 5.75. The van der Waals surface area contributed by atoms with E-state index in [0.717, 1.165) is 0 Å². The Morgan fingerprint density at radius 2 is 1.75 bits per heavy atom. The molecule has 0 aromatic heterocycles. The summed E-state index contributed by atoms with van der Waals surface area (Å²) in [5, 5.41) is 3.44. The summed E-state index contributed by atoms with van der Waals surface area (Å²) in [6.45, 7) is 0. The predicted molar refractivity (Wildman–Crippen MR) is 80.5 cm³/mol. The summed E-state index contributed by atoms with van der Waals surface area (Å²) < 4.78 is 13.0. The molecule has 20 heavy (non-hydrogen) atoms. The molecule has 1 N–H and O–H groups in total. The molecule has 2 nitrogen and oxygen atoms in total. The maximum atomic E-state index is 13.0. The van der Waals surface area contributed by atoms with E-state index < -0.39 is 11.7 Å². The molecule has 5 heteroatoms. The monoisotopic (exact) mass is 309 g/mol. The van der Waals surface area contributed by atoms with Gasteiger partial charge in [0.05, 0.1) is 0 Å². The minimum atomic E-state index is -0.416. The van der Waals surface area contributed by atoms with Gasteiger partial charge in [0.2, 0.25) is 5.91 Å². The van der Waals surface area contributed by atoms with Crippen molar-refractivity contribution in [3.63, 3.8) is 0 Å². The summed E-state index contributed by atoms with van der Waals surface area (Å²) in [6, 6.07) is 10.7. The van der Waals surface area contributed by atoms with Crippen molar-refractivity contribution in [2.24, 2.45) is 0 Å². The van der Waals surface area contributed by atoms with Gasteiger partial charge >= 0.3 is 0 Å². The Bertz CT molecular complexity index is 650. The summed E-state index contributed by atoms with van der Waals surface area (Å²) in [5.41, 5.74) is 0.940. The fourth-order valence-corrected chi connectivity index (χ4v) is 2.10. The van der Waals surface area contributed by atoms with Crippen LogP contribution in [0.5, 0.6) is 0 Å². The third-order valence-corrected chi connectivity index (χ3v) is 3.15. The molecule has 0 unspecified atom stereocenters. The average molecular weight is 310 g/mol. The molecule has 0 spiro atoms. The maximum absolute atomic E-state index is 13.0. The molecule has 0 fully saturated rings. The predicted octanol–water partition coefficient (Wildman–Crippen LogP) is 4.78. The Labute approximate surface area is 125 Å². The van der Waals surface area contributed by atoms with Crippen LogP contribution in [0.1, 0.15) is 5.56 Å². The van der Waals surface area contributed by atoms with Crippen LogP contribution in [-0.2, 0) is 4.79 Å². The lowest BCUT2D eigenvalue weighted by molar-refractivity contribution is -0.111. The van der Waals surface area contributed by atoms with Crippen LogP contribution in [0.4, 0.5) is 10.1 Å². The normalized spacial score (nSPS) is 10.8. The van der Waals surface area contributed by atoms with E-state index in [1.54, 1.807) is 24.3 Å². The first kappa shape index (κ1) is 14.6. The standard InChI is InChI=1S/C15H10Cl2FNO/c16-13-5-2-6-14(17)12(13)7-8-15(20)19-11-4-1-3-10(18)9-11/h1-9H,(H,19,20)/b8-7+. The average Bonchev–Trinajstić information content (AvgIpc) is 2.38. The van der Waals surface area contributed by atoms with Gasteiger partial charge in [-0.2, -0.15) is 0 Å². The number of halogens is 3. The summed E-state index contributed by atoms with van der Waals surface area (Å²) >= 11 is 12.0. The zero-order chi connectivity index (χ0) is 14.5. The van der Waals surface area contributed by atoms with E-state index in [-0.39, 0.29) is 0 Å². The van der Waals surface area contributed by atoms with Gasteiger partial charge in [-0.25, -0.2) is 4.39 Å². The van der Waals surface area contributed by atoms with Crippen LogP contribution in [0.2, 0.25) is 10.0 Å². The second-order valence-electron chi connectivity index (χ2n) is 3.97. The van der Waals surface area contributed by atoms with Gasteiger partial charge in [-0.3, -0.25) is 4.79 Å². The highest BCUT2D eigenvalue weighted by molar-refractivity contribution is 6.37. The topological polar surface area (TPSA) is 29.1 Å². The lowest BCUT2D eigenvalue weighted by atomic mass is 10.2. The van der Waals surface area contributed by atoms with Gasteiger partial charge < -0.3 is 5.32 Å². The van der Waals surface area contributed by atoms with Crippen molar-refractivity contribution in [2.45, 2.75) is 0 Å². The van der Waals surface area contributed by atoms with E-state index in [2.05, 4.69) is 5.32 Å². The van der Waals surface area contributed by atoms with Gasteiger partial charge in [-0.1, -0.05) is 35.3 Å². The van der Waals surface area contributed by atoms with Gasteiger partial charge in [0.1, 0.15) is 5.82 Å². The lowest BCUT2D eigenvalue weighted by Gasteiger charge is -2.03. The molecule has 0 heterocycles. The maximum Gasteiger partial charge on any atom is 0.248 e. The van der Waals surface area contributed by atoms with Crippen LogP contribution < -0.4 is 5.32 Å². The van der Waals surface area contributed by atoms with Crippen molar-refractivity contribution in [2.75, 3.05) is 5.32 Å². The third-order valence-electron chi connectivity index (χ3n) is 2.49. The van der Waals surface area contributed by atoms with Crippen molar-refractivity contribution in [3.05, 3.63) is 70.0 Å². The molecule has 0 aliphatic rings. The number of nitrogens with one attached hydrogen (secondary N) is 1. The first-order valence-corrected chi connectivity index (χ1v) is 6.50. The largest absolute Gasteiger partial charge is 0.322 e. The van der Waals surface area contributed by atoms with E-state index in [9.17, 15) is 9.18 Å². The van der Waals surface area contributed by atoms with E-state index in [1.165, 1.54) is 30.4 Å². The van der Waals surface area contributed by atoms with Crippen LogP contribution in [-0.4, -0.2) is 5.91 Å². The SMILES string of the molecule is O=C(/C=C/c1c(Cl)cccc1Cl)Nc1cccc(F)c1. The van der Waals surface area contributed by atoms with Crippen LogP contribution in [0.3, 0.4) is 0 Å². The number of carbonyl (C=O) groups excluding carboxylic acids is 1. The second kappa shape index (κ2) is 6.55. The first-order chi connectivity index (χ1) is 9.56. The Morgan fingerprint density at radius 1 is 1.10 bits per heavy atom. The number of benzene rings is 2. The molecule has 2 aromatic rings. The van der Waals surface area contributed by atoms with Crippen LogP contribution in [0.25, 0.3) is 6.08 Å². The van der Waals surface area contributed by atoms with E-state index in [0.29, 0.717) is 21.3 Å². The number of hydrogen-bond donors (Lipinski definition) is 1. The molecular formula is C15H10Cl2FNO. The molecule has 0 aliphatic heterocycles. The van der Waals surface area contributed by atoms with Gasteiger partial charge in [0, 0.05) is 27.4 Å². The number of amides is 1. The fourth-order valence-electron chi connectivity index (χ4n) is 1.58. The highest BCUT2D eigenvalue weighted by Crippen LogP contribution is 2.25. The van der Waals surface area contributed by atoms with Gasteiger partial charge in [-0.05, 0) is 36.4 Å². The van der Waals surface area contributed by atoms with E-state index in [1.807, 2.05) is 0 Å². The van der Waals surface area contributed by atoms with Crippen molar-refractivity contribution >= 4 is 40.9 Å². The number of carbonyl (C=O) groups is 1. The molecular weight excluding hydrogens is 300 g/mol. The molecule has 0 bridgehead atoms. The molecule has 0 radical (unpaired) electrons. The Morgan fingerprint density at radius 3 is 2.40 bits per heavy atom. The zero-order valence-corrected chi connectivity index (χ0v) is 11.8. The summed E-state index contributed by atoms with van der Waals surface area (Å²) in [5.74, 6) is -0.812. The van der Waals surface area contributed by atoms with Crippen molar-refractivity contribution in [1.82, 2.24) is 0 Å². The Kier molecular flexibility index (Phi) is 4.77. The second-order valence-corrected chi connectivity index (χ2v) is 4.78. The zero-order valence-electron chi connectivity index (χ0n) is 10.2. The molecule has 2 rings (SSSR count). The molecule has 0 atom stereocenters. The van der Waals surface area contributed by atoms with Gasteiger partial charge in [0.25, 0.3) is 0 Å². The quantitative estimate of drug-likeness (QED) is 0.812. The molecule has 0 saturated carbocycles. The van der Waals surface area contributed by atoms with Crippen LogP contribution in [0.15, 0.2) is 48.5 Å². The van der Waals surface area contributed by atoms with Gasteiger partial charge in [0.15, 0.2) is 0 Å². The highest BCUT2D eigenvalue weighted by atomic mass is 35.5. The van der Waals surface area contributed by atoms with Crippen molar-refractivity contribution < 1.29 is 9.18 Å². The van der Waals surface area contributed by atoms with Crippen LogP contribution >= 0.6 is 23.2 Å². The summed E-state index contributed by atoms with van der Waals surface area (Å²) in [4.78, 5) is 11.7.